The second-order valence-corrected chi connectivity index (χ2v) is 2.61. The minimum Gasteiger partial charge on any atom is -0.373 e. The topological polar surface area (TPSA) is 6.48 Å². The predicted octanol–water partition coefficient (Wildman–Crippen LogP) is 0.674. The second-order valence-electron chi connectivity index (χ2n) is 2.61. The van der Waals surface area contributed by atoms with Crippen molar-refractivity contribution in [3.05, 3.63) is 12.5 Å². The van der Waals surface area contributed by atoms with Crippen molar-refractivity contribution in [2.75, 3.05) is 33.2 Å². The fourth-order valence-electron chi connectivity index (χ4n) is 1.05. The zero-order valence-corrected chi connectivity index (χ0v) is 6.26. The highest BCUT2D eigenvalue weighted by Gasteiger charge is 2.09. The van der Waals surface area contributed by atoms with Crippen LogP contribution < -0.4 is 0 Å². The average molecular weight is 144 g/mol. The Balaban J connectivity index is 2.26. The molecule has 0 radical (unpaired) electrons. The highest BCUT2D eigenvalue weighted by Crippen LogP contribution is 1.98. The van der Waals surface area contributed by atoms with Crippen molar-refractivity contribution in [2.24, 2.45) is 0 Å². The van der Waals surface area contributed by atoms with Gasteiger partial charge in [-0.2, -0.15) is 0 Å². The number of rotatable bonds is 1. The lowest BCUT2D eigenvalue weighted by molar-refractivity contribution is 0.197. The Kier molecular flexibility index (Phi) is 2.68. The van der Waals surface area contributed by atoms with E-state index in [1.54, 1.807) is 0 Å². The van der Waals surface area contributed by atoms with Crippen molar-refractivity contribution >= 4 is 0 Å². The third-order valence-corrected chi connectivity index (χ3v) is 1.81. The molecule has 1 rings (SSSR count). The summed E-state index contributed by atoms with van der Waals surface area (Å²) < 4.78 is 11.6. The molecule has 10 heavy (non-hydrogen) atoms. The van der Waals surface area contributed by atoms with Crippen LogP contribution in [0.4, 0.5) is 4.39 Å². The van der Waals surface area contributed by atoms with Gasteiger partial charge in [-0.05, 0) is 7.05 Å². The van der Waals surface area contributed by atoms with E-state index in [0.29, 0.717) is 6.33 Å². The standard InChI is InChI=1S/C7H13FN2/c1-9-4-6-10(3-2-8)7-5-9/h2-3H,4-7H2,1H3/b3-2-. The van der Waals surface area contributed by atoms with Crippen LogP contribution in [0.25, 0.3) is 0 Å². The molecule has 1 fully saturated rings. The molecule has 1 heterocycles. The molecule has 1 aliphatic heterocycles. The van der Waals surface area contributed by atoms with Crippen molar-refractivity contribution in [1.29, 1.82) is 0 Å². The Morgan fingerprint density at radius 1 is 1.20 bits per heavy atom. The first-order valence-electron chi connectivity index (χ1n) is 3.52. The van der Waals surface area contributed by atoms with Gasteiger partial charge in [0, 0.05) is 32.4 Å². The maximum Gasteiger partial charge on any atom is 0.102 e. The van der Waals surface area contributed by atoms with Gasteiger partial charge in [0.2, 0.25) is 0 Å². The Labute approximate surface area is 60.9 Å². The van der Waals surface area contributed by atoms with E-state index in [4.69, 9.17) is 0 Å². The molecule has 58 valence electrons. The molecule has 0 bridgehead atoms. The van der Waals surface area contributed by atoms with Crippen LogP contribution in [-0.2, 0) is 0 Å². The Morgan fingerprint density at radius 3 is 2.30 bits per heavy atom. The van der Waals surface area contributed by atoms with Crippen LogP contribution in [0, 0.1) is 0 Å². The molecule has 0 aromatic heterocycles. The van der Waals surface area contributed by atoms with E-state index in [1.807, 2.05) is 4.90 Å². The molecule has 2 nitrogen and oxygen atoms in total. The Bertz CT molecular complexity index is 117. The number of hydrogen-bond acceptors (Lipinski definition) is 2. The van der Waals surface area contributed by atoms with Crippen molar-refractivity contribution in [2.45, 2.75) is 0 Å². The number of hydrogen-bond donors (Lipinski definition) is 0. The largest absolute Gasteiger partial charge is 0.373 e. The first-order valence-corrected chi connectivity index (χ1v) is 3.52. The fourth-order valence-corrected chi connectivity index (χ4v) is 1.05. The summed E-state index contributed by atoms with van der Waals surface area (Å²) in [6.07, 6.45) is 2.11. The van der Waals surface area contributed by atoms with Gasteiger partial charge >= 0.3 is 0 Å². The molecule has 0 spiro atoms. The lowest BCUT2D eigenvalue weighted by Gasteiger charge is -2.30. The SMILES string of the molecule is CN1CCN(/C=C\F)CC1. The van der Waals surface area contributed by atoms with Crippen LogP contribution >= 0.6 is 0 Å². The molecule has 0 aromatic carbocycles. The zero-order chi connectivity index (χ0) is 7.40. The van der Waals surface area contributed by atoms with E-state index in [2.05, 4.69) is 11.9 Å². The predicted molar refractivity (Wildman–Crippen MR) is 39.3 cm³/mol. The minimum absolute atomic E-state index is 0.602. The van der Waals surface area contributed by atoms with Crippen molar-refractivity contribution in [3.8, 4) is 0 Å². The molecule has 0 amide bonds. The normalized spacial score (nSPS) is 22.4. The first-order chi connectivity index (χ1) is 4.83. The maximum absolute atomic E-state index is 11.6. The van der Waals surface area contributed by atoms with E-state index in [1.165, 1.54) is 6.20 Å². The number of likely N-dealkylation sites (N-methyl/N-ethyl adjacent to an activating group) is 1. The zero-order valence-electron chi connectivity index (χ0n) is 6.26. The van der Waals surface area contributed by atoms with Crippen LogP contribution in [0.15, 0.2) is 12.5 Å². The lowest BCUT2D eigenvalue weighted by Crippen LogP contribution is -2.41. The quantitative estimate of drug-likeness (QED) is 0.534. The number of piperazine rings is 1. The van der Waals surface area contributed by atoms with Gasteiger partial charge in [0.05, 0.1) is 0 Å². The summed E-state index contributed by atoms with van der Waals surface area (Å²) in [4.78, 5) is 4.22. The van der Waals surface area contributed by atoms with Crippen LogP contribution in [0.1, 0.15) is 0 Å². The van der Waals surface area contributed by atoms with Gasteiger partial charge < -0.3 is 9.80 Å². The molecular weight excluding hydrogens is 131 g/mol. The monoisotopic (exact) mass is 144 g/mol. The Hall–Kier alpha value is -0.570. The van der Waals surface area contributed by atoms with Crippen LogP contribution in [-0.4, -0.2) is 43.0 Å². The van der Waals surface area contributed by atoms with E-state index in [9.17, 15) is 4.39 Å². The van der Waals surface area contributed by atoms with Gasteiger partial charge in [-0.3, -0.25) is 0 Å². The summed E-state index contributed by atoms with van der Waals surface area (Å²) in [5.41, 5.74) is 0. The van der Waals surface area contributed by atoms with Gasteiger partial charge in [0.1, 0.15) is 6.33 Å². The highest BCUT2D eigenvalue weighted by molar-refractivity contribution is 4.79. The summed E-state index contributed by atoms with van der Waals surface area (Å²) in [6, 6.07) is 0. The van der Waals surface area contributed by atoms with Crippen molar-refractivity contribution in [3.63, 3.8) is 0 Å². The second kappa shape index (κ2) is 3.56. The Morgan fingerprint density at radius 2 is 1.80 bits per heavy atom. The molecular formula is C7H13FN2. The summed E-state index contributed by atoms with van der Waals surface area (Å²) in [5, 5.41) is 0. The van der Waals surface area contributed by atoms with Crippen LogP contribution in [0.5, 0.6) is 0 Å². The maximum atomic E-state index is 11.6. The van der Waals surface area contributed by atoms with Gasteiger partial charge in [0.15, 0.2) is 0 Å². The summed E-state index contributed by atoms with van der Waals surface area (Å²) in [6.45, 7) is 3.95. The molecule has 0 aliphatic carbocycles. The van der Waals surface area contributed by atoms with Crippen LogP contribution in [0.3, 0.4) is 0 Å². The highest BCUT2D eigenvalue weighted by atomic mass is 19.1. The van der Waals surface area contributed by atoms with Crippen LogP contribution in [0.2, 0.25) is 0 Å². The third-order valence-electron chi connectivity index (χ3n) is 1.81. The third kappa shape index (κ3) is 1.99. The summed E-state index contributed by atoms with van der Waals surface area (Å²) in [5.74, 6) is 0. The van der Waals surface area contributed by atoms with Crippen molar-refractivity contribution in [1.82, 2.24) is 9.80 Å². The molecule has 0 saturated carbocycles. The smallest absolute Gasteiger partial charge is 0.102 e. The van der Waals surface area contributed by atoms with Gasteiger partial charge in [-0.15, -0.1) is 0 Å². The minimum atomic E-state index is 0.602. The van der Waals surface area contributed by atoms with E-state index in [-0.39, 0.29) is 0 Å². The summed E-state index contributed by atoms with van der Waals surface area (Å²) >= 11 is 0. The van der Waals surface area contributed by atoms with E-state index < -0.39 is 0 Å². The molecule has 1 saturated heterocycles. The molecule has 3 heteroatoms. The average Bonchev–Trinajstić information content (AvgIpc) is 1.95. The van der Waals surface area contributed by atoms with Gasteiger partial charge in [0.25, 0.3) is 0 Å². The lowest BCUT2D eigenvalue weighted by atomic mass is 10.3. The molecule has 0 atom stereocenters. The molecule has 1 aliphatic rings. The number of halogens is 1. The molecule has 0 aromatic rings. The van der Waals surface area contributed by atoms with E-state index in [0.717, 1.165) is 26.2 Å². The van der Waals surface area contributed by atoms with Crippen molar-refractivity contribution < 1.29 is 4.39 Å². The summed E-state index contributed by atoms with van der Waals surface area (Å²) in [7, 11) is 2.08. The fraction of sp³-hybridized carbons (Fsp3) is 0.714. The first kappa shape index (κ1) is 7.54. The van der Waals surface area contributed by atoms with E-state index >= 15 is 0 Å². The molecule has 0 N–H and O–H groups in total. The molecule has 0 unspecified atom stereocenters. The van der Waals surface area contributed by atoms with Gasteiger partial charge in [-0.1, -0.05) is 0 Å². The number of nitrogens with zero attached hydrogens (tertiary/aromatic N) is 2. The van der Waals surface area contributed by atoms with Gasteiger partial charge in [-0.25, -0.2) is 4.39 Å².